The van der Waals surface area contributed by atoms with Crippen LogP contribution in [0.1, 0.15) is 30.4 Å². The highest BCUT2D eigenvalue weighted by Crippen LogP contribution is 2.47. The molecule has 3 atom stereocenters. The lowest BCUT2D eigenvalue weighted by molar-refractivity contribution is 0.0381. The number of hydrogen-bond acceptors (Lipinski definition) is 2. The van der Waals surface area contributed by atoms with Crippen LogP contribution in [0, 0.1) is 5.92 Å². The third-order valence-electron chi connectivity index (χ3n) is 5.68. The Balaban J connectivity index is 2.05. The lowest BCUT2D eigenvalue weighted by Gasteiger charge is -2.47. The predicted molar refractivity (Wildman–Crippen MR) is 110 cm³/mol. The van der Waals surface area contributed by atoms with Crippen LogP contribution in [-0.4, -0.2) is 36.8 Å². The second-order valence-corrected chi connectivity index (χ2v) is 8.73. The average molecular weight is 392 g/mol. The first-order chi connectivity index (χ1) is 12.4. The summed E-state index contributed by atoms with van der Waals surface area (Å²) in [6, 6.07) is 16.4. The van der Waals surface area contributed by atoms with Crippen LogP contribution < -0.4 is 0 Å². The lowest BCUT2D eigenvalue weighted by atomic mass is 9.59. The Bertz CT molecular complexity index is 729. The van der Waals surface area contributed by atoms with Crippen molar-refractivity contribution in [3.05, 3.63) is 69.7 Å². The SMILES string of the molecule is CN(C)CC1CC(O)CCC1(Cc1ccc(Cl)cc1)c1cccc(Cl)c1. The quantitative estimate of drug-likeness (QED) is 0.756. The Morgan fingerprint density at radius 3 is 2.46 bits per heavy atom. The van der Waals surface area contributed by atoms with Crippen LogP contribution >= 0.6 is 23.2 Å². The van der Waals surface area contributed by atoms with Gasteiger partial charge < -0.3 is 10.0 Å². The van der Waals surface area contributed by atoms with E-state index < -0.39 is 0 Å². The monoisotopic (exact) mass is 391 g/mol. The van der Waals surface area contributed by atoms with E-state index in [1.54, 1.807) is 0 Å². The fourth-order valence-corrected chi connectivity index (χ4v) is 4.79. The van der Waals surface area contributed by atoms with Gasteiger partial charge in [0.1, 0.15) is 0 Å². The second kappa shape index (κ2) is 8.31. The zero-order valence-electron chi connectivity index (χ0n) is 15.5. The van der Waals surface area contributed by atoms with Gasteiger partial charge in [0.2, 0.25) is 0 Å². The standard InChI is InChI=1S/C22H27Cl2NO/c1-25(2)15-18-13-21(26)10-11-22(18,17-4-3-5-20(24)12-17)14-16-6-8-19(23)9-7-16/h3-9,12,18,21,26H,10-11,13-15H2,1-2H3. The Morgan fingerprint density at radius 2 is 1.81 bits per heavy atom. The zero-order valence-corrected chi connectivity index (χ0v) is 17.0. The van der Waals surface area contributed by atoms with Crippen molar-refractivity contribution in [3.63, 3.8) is 0 Å². The molecule has 0 aromatic heterocycles. The average Bonchev–Trinajstić information content (AvgIpc) is 2.59. The third-order valence-corrected chi connectivity index (χ3v) is 6.17. The molecule has 2 aromatic carbocycles. The van der Waals surface area contributed by atoms with Crippen molar-refractivity contribution in [3.8, 4) is 0 Å². The molecule has 2 nitrogen and oxygen atoms in total. The molecule has 2 aromatic rings. The highest BCUT2D eigenvalue weighted by atomic mass is 35.5. The van der Waals surface area contributed by atoms with Gasteiger partial charge >= 0.3 is 0 Å². The van der Waals surface area contributed by atoms with Crippen LogP contribution in [0.25, 0.3) is 0 Å². The molecule has 0 bridgehead atoms. The van der Waals surface area contributed by atoms with E-state index in [0.717, 1.165) is 42.3 Å². The molecule has 1 aliphatic rings. The van der Waals surface area contributed by atoms with Crippen LogP contribution in [0.3, 0.4) is 0 Å². The minimum absolute atomic E-state index is 0.0395. The molecular weight excluding hydrogens is 365 g/mol. The number of nitrogens with zero attached hydrogens (tertiary/aromatic N) is 1. The van der Waals surface area contributed by atoms with Crippen molar-refractivity contribution in [2.24, 2.45) is 5.92 Å². The van der Waals surface area contributed by atoms with Gasteiger partial charge in [-0.25, -0.2) is 0 Å². The fourth-order valence-electron chi connectivity index (χ4n) is 4.47. The Hall–Kier alpha value is -1.06. The molecule has 0 radical (unpaired) electrons. The summed E-state index contributed by atoms with van der Waals surface area (Å²) in [4.78, 5) is 2.23. The van der Waals surface area contributed by atoms with Gasteiger partial charge in [-0.15, -0.1) is 0 Å². The van der Waals surface area contributed by atoms with E-state index in [1.165, 1.54) is 11.1 Å². The van der Waals surface area contributed by atoms with Crippen LogP contribution in [-0.2, 0) is 11.8 Å². The molecule has 4 heteroatoms. The number of aliphatic hydroxyl groups is 1. The molecule has 140 valence electrons. The lowest BCUT2D eigenvalue weighted by Crippen LogP contribution is -2.47. The summed E-state index contributed by atoms with van der Waals surface area (Å²) < 4.78 is 0. The maximum atomic E-state index is 10.4. The molecule has 0 heterocycles. The van der Waals surface area contributed by atoms with Gasteiger partial charge in [0, 0.05) is 22.0 Å². The molecule has 26 heavy (non-hydrogen) atoms. The van der Waals surface area contributed by atoms with Crippen molar-refractivity contribution in [2.45, 2.75) is 37.2 Å². The molecule has 1 fully saturated rings. The van der Waals surface area contributed by atoms with Crippen molar-refractivity contribution in [1.82, 2.24) is 4.90 Å². The summed E-state index contributed by atoms with van der Waals surface area (Å²) in [6.07, 6.45) is 3.30. The van der Waals surface area contributed by atoms with E-state index in [1.807, 2.05) is 24.3 Å². The molecule has 3 rings (SSSR count). The largest absolute Gasteiger partial charge is 0.393 e. The number of hydrogen-bond donors (Lipinski definition) is 1. The minimum Gasteiger partial charge on any atom is -0.393 e. The molecule has 1 saturated carbocycles. The first-order valence-corrected chi connectivity index (χ1v) is 9.98. The van der Waals surface area contributed by atoms with E-state index in [4.69, 9.17) is 23.2 Å². The Labute approximate surface area is 166 Å². The Kier molecular flexibility index (Phi) is 6.29. The van der Waals surface area contributed by atoms with Crippen LogP contribution in [0.4, 0.5) is 0 Å². The zero-order chi connectivity index (χ0) is 18.7. The van der Waals surface area contributed by atoms with Crippen molar-refractivity contribution < 1.29 is 5.11 Å². The molecule has 3 unspecified atom stereocenters. The van der Waals surface area contributed by atoms with Gasteiger partial charge in [-0.1, -0.05) is 47.5 Å². The molecule has 0 saturated heterocycles. The van der Waals surface area contributed by atoms with Crippen LogP contribution in [0.5, 0.6) is 0 Å². The fraction of sp³-hybridized carbons (Fsp3) is 0.455. The van der Waals surface area contributed by atoms with Gasteiger partial charge in [0.05, 0.1) is 6.10 Å². The van der Waals surface area contributed by atoms with Crippen molar-refractivity contribution >= 4 is 23.2 Å². The summed E-state index contributed by atoms with van der Waals surface area (Å²) in [7, 11) is 4.21. The normalized spacial score (nSPS) is 26.2. The third kappa shape index (κ3) is 4.43. The highest BCUT2D eigenvalue weighted by molar-refractivity contribution is 6.30. The second-order valence-electron chi connectivity index (χ2n) is 7.86. The predicted octanol–water partition coefficient (Wildman–Crippen LogP) is 5.20. The molecule has 0 spiro atoms. The maximum absolute atomic E-state index is 10.4. The summed E-state index contributed by atoms with van der Waals surface area (Å²) in [6.45, 7) is 0.942. The number of rotatable bonds is 5. The summed E-state index contributed by atoms with van der Waals surface area (Å²) in [5, 5.41) is 11.9. The topological polar surface area (TPSA) is 23.5 Å². The summed E-state index contributed by atoms with van der Waals surface area (Å²) >= 11 is 12.4. The van der Waals surface area contributed by atoms with Gasteiger partial charge in [0.25, 0.3) is 0 Å². The van der Waals surface area contributed by atoms with Crippen molar-refractivity contribution in [2.75, 3.05) is 20.6 Å². The summed E-state index contributed by atoms with van der Waals surface area (Å²) in [5.41, 5.74) is 2.51. The van der Waals surface area contributed by atoms with Gasteiger partial charge in [-0.3, -0.25) is 0 Å². The maximum Gasteiger partial charge on any atom is 0.0544 e. The molecule has 1 N–H and O–H groups in total. The van der Waals surface area contributed by atoms with Crippen molar-refractivity contribution in [1.29, 1.82) is 0 Å². The van der Waals surface area contributed by atoms with Gasteiger partial charge in [-0.05, 0) is 81.1 Å². The van der Waals surface area contributed by atoms with E-state index in [-0.39, 0.29) is 11.5 Å². The van der Waals surface area contributed by atoms with Crippen LogP contribution in [0.2, 0.25) is 10.0 Å². The number of halogens is 2. The molecule has 1 aliphatic carbocycles. The molecule has 0 amide bonds. The first-order valence-electron chi connectivity index (χ1n) is 9.22. The summed E-state index contributed by atoms with van der Waals surface area (Å²) in [5.74, 6) is 0.357. The smallest absolute Gasteiger partial charge is 0.0544 e. The number of benzene rings is 2. The Morgan fingerprint density at radius 1 is 1.08 bits per heavy atom. The molecule has 0 aliphatic heterocycles. The highest BCUT2D eigenvalue weighted by Gasteiger charge is 2.44. The van der Waals surface area contributed by atoms with E-state index >= 15 is 0 Å². The molecular formula is C22H27Cl2NO. The number of aliphatic hydroxyl groups excluding tert-OH is 1. The van der Waals surface area contributed by atoms with Gasteiger partial charge in [-0.2, -0.15) is 0 Å². The van der Waals surface area contributed by atoms with E-state index in [9.17, 15) is 5.11 Å². The van der Waals surface area contributed by atoms with E-state index in [0.29, 0.717) is 5.92 Å². The van der Waals surface area contributed by atoms with E-state index in [2.05, 4.69) is 43.3 Å². The van der Waals surface area contributed by atoms with Crippen LogP contribution in [0.15, 0.2) is 48.5 Å². The first kappa shape index (κ1) is 19.7. The minimum atomic E-state index is -0.225. The van der Waals surface area contributed by atoms with Gasteiger partial charge in [0.15, 0.2) is 0 Å².